The van der Waals surface area contributed by atoms with Gasteiger partial charge in [-0.3, -0.25) is 9.59 Å². The molecular formula is C17H33N3O2. The summed E-state index contributed by atoms with van der Waals surface area (Å²) >= 11 is 0. The molecule has 1 saturated carbocycles. The topological polar surface area (TPSA) is 84.2 Å². The van der Waals surface area contributed by atoms with E-state index >= 15 is 0 Å². The first kappa shape index (κ1) is 18.9. The first-order chi connectivity index (χ1) is 9.92. The lowest BCUT2D eigenvalue weighted by Gasteiger charge is -2.45. The van der Waals surface area contributed by atoms with Gasteiger partial charge in [-0.2, -0.15) is 0 Å². The molecule has 0 radical (unpaired) electrons. The SMILES string of the molecule is CC(C)[C@H](N)C(=O)NCC(=O)NC1CC(C)(C)CC(C)(C)C1. The summed E-state index contributed by atoms with van der Waals surface area (Å²) in [7, 11) is 0. The predicted octanol–water partition coefficient (Wildman–Crippen LogP) is 1.81. The maximum Gasteiger partial charge on any atom is 0.239 e. The van der Waals surface area contributed by atoms with E-state index in [1.807, 2.05) is 13.8 Å². The maximum atomic E-state index is 12.1. The number of carbonyl (C=O) groups is 2. The molecular weight excluding hydrogens is 278 g/mol. The highest BCUT2D eigenvalue weighted by Gasteiger charge is 2.38. The third-order valence-corrected chi connectivity index (χ3v) is 4.36. The van der Waals surface area contributed by atoms with Crippen molar-refractivity contribution < 1.29 is 9.59 Å². The third-order valence-electron chi connectivity index (χ3n) is 4.36. The molecule has 22 heavy (non-hydrogen) atoms. The van der Waals surface area contributed by atoms with Gasteiger partial charge >= 0.3 is 0 Å². The average Bonchev–Trinajstić information content (AvgIpc) is 2.30. The molecule has 1 fully saturated rings. The molecule has 0 aromatic carbocycles. The van der Waals surface area contributed by atoms with Crippen molar-refractivity contribution >= 4 is 11.8 Å². The van der Waals surface area contributed by atoms with E-state index < -0.39 is 6.04 Å². The van der Waals surface area contributed by atoms with Gasteiger partial charge in [-0.15, -0.1) is 0 Å². The molecule has 1 aliphatic carbocycles. The molecule has 1 atom stereocenters. The Kier molecular flexibility index (Phi) is 6.02. The summed E-state index contributed by atoms with van der Waals surface area (Å²) in [5.74, 6) is -0.347. The minimum atomic E-state index is -0.569. The molecule has 0 saturated heterocycles. The Balaban J connectivity index is 2.47. The number of carbonyl (C=O) groups excluding carboxylic acids is 2. The van der Waals surface area contributed by atoms with Gasteiger partial charge in [-0.05, 0) is 36.0 Å². The number of rotatable bonds is 5. The highest BCUT2D eigenvalue weighted by molar-refractivity contribution is 5.87. The van der Waals surface area contributed by atoms with Gasteiger partial charge < -0.3 is 16.4 Å². The zero-order valence-electron chi connectivity index (χ0n) is 15.0. The van der Waals surface area contributed by atoms with Crippen LogP contribution in [0.2, 0.25) is 0 Å². The van der Waals surface area contributed by atoms with Crippen molar-refractivity contribution in [3.05, 3.63) is 0 Å². The van der Waals surface area contributed by atoms with Gasteiger partial charge in [0.1, 0.15) is 0 Å². The minimum absolute atomic E-state index is 0.00336. The number of nitrogens with two attached hydrogens (primary N) is 1. The van der Waals surface area contributed by atoms with Crippen LogP contribution in [-0.4, -0.2) is 30.4 Å². The Hall–Kier alpha value is -1.10. The van der Waals surface area contributed by atoms with E-state index in [9.17, 15) is 9.59 Å². The summed E-state index contributed by atoms with van der Waals surface area (Å²) in [6.45, 7) is 12.8. The number of hydrogen-bond donors (Lipinski definition) is 3. The zero-order valence-corrected chi connectivity index (χ0v) is 15.0. The summed E-state index contributed by atoms with van der Waals surface area (Å²) in [6, 6.07) is -0.401. The maximum absolute atomic E-state index is 12.1. The van der Waals surface area contributed by atoms with Crippen molar-refractivity contribution in [2.45, 2.75) is 72.9 Å². The van der Waals surface area contributed by atoms with Crippen LogP contribution in [0.5, 0.6) is 0 Å². The highest BCUT2D eigenvalue weighted by atomic mass is 16.2. The van der Waals surface area contributed by atoms with Gasteiger partial charge in [-0.1, -0.05) is 41.5 Å². The quantitative estimate of drug-likeness (QED) is 0.724. The molecule has 5 nitrogen and oxygen atoms in total. The van der Waals surface area contributed by atoms with E-state index in [1.165, 1.54) is 0 Å². The van der Waals surface area contributed by atoms with E-state index in [1.54, 1.807) is 0 Å². The summed E-state index contributed by atoms with van der Waals surface area (Å²) in [4.78, 5) is 23.8. The Labute approximate surface area is 134 Å². The van der Waals surface area contributed by atoms with Crippen LogP contribution in [-0.2, 0) is 9.59 Å². The van der Waals surface area contributed by atoms with Crippen molar-refractivity contribution in [1.82, 2.24) is 10.6 Å². The number of hydrogen-bond acceptors (Lipinski definition) is 3. The molecule has 2 amide bonds. The van der Waals surface area contributed by atoms with Crippen LogP contribution in [0, 0.1) is 16.7 Å². The van der Waals surface area contributed by atoms with Crippen molar-refractivity contribution in [1.29, 1.82) is 0 Å². The first-order valence-electron chi connectivity index (χ1n) is 8.24. The minimum Gasteiger partial charge on any atom is -0.352 e. The van der Waals surface area contributed by atoms with E-state index in [0.29, 0.717) is 0 Å². The predicted molar refractivity (Wildman–Crippen MR) is 89.2 cm³/mol. The fourth-order valence-corrected chi connectivity index (χ4v) is 3.81. The fraction of sp³-hybridized carbons (Fsp3) is 0.882. The van der Waals surface area contributed by atoms with Crippen LogP contribution in [0.1, 0.15) is 60.8 Å². The van der Waals surface area contributed by atoms with Crippen molar-refractivity contribution in [2.24, 2.45) is 22.5 Å². The monoisotopic (exact) mass is 311 g/mol. The molecule has 5 heteroatoms. The smallest absolute Gasteiger partial charge is 0.239 e. The molecule has 0 aromatic rings. The average molecular weight is 311 g/mol. The molecule has 128 valence electrons. The third kappa shape index (κ3) is 5.95. The van der Waals surface area contributed by atoms with E-state index in [2.05, 4.69) is 38.3 Å². The molecule has 1 aliphatic rings. The van der Waals surface area contributed by atoms with Crippen LogP contribution in [0.4, 0.5) is 0 Å². The van der Waals surface area contributed by atoms with Gasteiger partial charge in [0.2, 0.25) is 11.8 Å². The summed E-state index contributed by atoms with van der Waals surface area (Å²) in [5, 5.41) is 5.68. The second-order valence-corrected chi connectivity index (χ2v) is 8.67. The van der Waals surface area contributed by atoms with Crippen molar-refractivity contribution in [2.75, 3.05) is 6.54 Å². The van der Waals surface area contributed by atoms with Gasteiger partial charge in [0, 0.05) is 6.04 Å². The van der Waals surface area contributed by atoms with Gasteiger partial charge in [0.05, 0.1) is 12.6 Å². The second-order valence-electron chi connectivity index (χ2n) is 8.67. The highest BCUT2D eigenvalue weighted by Crippen LogP contribution is 2.45. The van der Waals surface area contributed by atoms with Crippen molar-refractivity contribution in [3.8, 4) is 0 Å². The standard InChI is InChI=1S/C17H33N3O2/c1-11(2)14(18)15(22)19-9-13(21)20-12-7-16(3,4)10-17(5,6)8-12/h11-12,14H,7-10,18H2,1-6H3,(H,19,22)(H,20,21)/t14-/m0/s1. The molecule has 0 aromatic heterocycles. The van der Waals surface area contributed by atoms with Crippen LogP contribution in [0.25, 0.3) is 0 Å². The second kappa shape index (κ2) is 6.99. The largest absolute Gasteiger partial charge is 0.352 e. The van der Waals surface area contributed by atoms with E-state index in [-0.39, 0.29) is 41.1 Å². The Morgan fingerprint density at radius 2 is 1.64 bits per heavy atom. The normalized spacial score (nSPS) is 22.2. The summed E-state index contributed by atoms with van der Waals surface area (Å²) < 4.78 is 0. The van der Waals surface area contributed by atoms with Crippen LogP contribution >= 0.6 is 0 Å². The molecule has 4 N–H and O–H groups in total. The first-order valence-corrected chi connectivity index (χ1v) is 8.24. The molecule has 0 spiro atoms. The molecule has 0 aliphatic heterocycles. The van der Waals surface area contributed by atoms with Crippen molar-refractivity contribution in [3.63, 3.8) is 0 Å². The lowest BCUT2D eigenvalue weighted by molar-refractivity contribution is -0.128. The molecule has 0 unspecified atom stereocenters. The van der Waals surface area contributed by atoms with Crippen LogP contribution < -0.4 is 16.4 Å². The summed E-state index contributed by atoms with van der Waals surface area (Å²) in [5.41, 5.74) is 6.21. The Morgan fingerprint density at radius 1 is 1.14 bits per heavy atom. The van der Waals surface area contributed by atoms with E-state index in [4.69, 9.17) is 5.73 Å². The van der Waals surface area contributed by atoms with Gasteiger partial charge in [-0.25, -0.2) is 0 Å². The zero-order chi connectivity index (χ0) is 17.1. The lowest BCUT2D eigenvalue weighted by Crippen LogP contribution is -2.50. The van der Waals surface area contributed by atoms with Crippen LogP contribution in [0.15, 0.2) is 0 Å². The fourth-order valence-electron chi connectivity index (χ4n) is 3.81. The molecule has 1 rings (SSSR count). The number of nitrogens with one attached hydrogen (secondary N) is 2. The lowest BCUT2D eigenvalue weighted by atomic mass is 9.63. The molecule has 0 heterocycles. The molecule has 0 bridgehead atoms. The Bertz CT molecular complexity index is 400. The van der Waals surface area contributed by atoms with E-state index in [0.717, 1.165) is 19.3 Å². The van der Waals surface area contributed by atoms with Gasteiger partial charge in [0.25, 0.3) is 0 Å². The number of amides is 2. The Morgan fingerprint density at radius 3 is 2.09 bits per heavy atom. The summed E-state index contributed by atoms with van der Waals surface area (Å²) in [6.07, 6.45) is 3.11. The van der Waals surface area contributed by atoms with Gasteiger partial charge in [0.15, 0.2) is 0 Å². The van der Waals surface area contributed by atoms with Crippen LogP contribution in [0.3, 0.4) is 0 Å².